The fourth-order valence-corrected chi connectivity index (χ4v) is 4.35. The second kappa shape index (κ2) is 11.1. The van der Waals surface area contributed by atoms with E-state index >= 15 is 0 Å². The van der Waals surface area contributed by atoms with Gasteiger partial charge in [0.1, 0.15) is 5.82 Å². The maximum absolute atomic E-state index is 12.8. The maximum atomic E-state index is 12.8. The van der Waals surface area contributed by atoms with Crippen LogP contribution in [0.5, 0.6) is 0 Å². The first-order chi connectivity index (χ1) is 15.4. The van der Waals surface area contributed by atoms with Gasteiger partial charge < -0.3 is 10.2 Å². The van der Waals surface area contributed by atoms with Gasteiger partial charge in [0.05, 0.1) is 6.04 Å². The lowest BCUT2D eigenvalue weighted by Gasteiger charge is -2.20. The van der Waals surface area contributed by atoms with Crippen molar-refractivity contribution in [2.24, 2.45) is 0 Å². The average Bonchev–Trinajstić information content (AvgIpc) is 2.80. The average molecular weight is 449 g/mol. The highest BCUT2D eigenvalue weighted by Gasteiger charge is 2.14. The number of thioether (sulfide) groups is 1. The van der Waals surface area contributed by atoms with Crippen LogP contribution in [0.25, 0.3) is 0 Å². The predicted octanol–water partition coefficient (Wildman–Crippen LogP) is 5.72. The zero-order valence-electron chi connectivity index (χ0n) is 19.6. The Morgan fingerprint density at radius 1 is 1.09 bits per heavy atom. The number of amides is 1. The van der Waals surface area contributed by atoms with E-state index in [0.29, 0.717) is 11.3 Å². The van der Waals surface area contributed by atoms with E-state index in [-0.39, 0.29) is 11.9 Å². The van der Waals surface area contributed by atoms with Gasteiger partial charge in [0.2, 0.25) is 0 Å². The minimum absolute atomic E-state index is 0.0517. The summed E-state index contributed by atoms with van der Waals surface area (Å²) in [5, 5.41) is 3.85. The van der Waals surface area contributed by atoms with E-state index in [2.05, 4.69) is 36.1 Å². The molecule has 0 saturated carbocycles. The lowest BCUT2D eigenvalue weighted by molar-refractivity contribution is 0.0940. The van der Waals surface area contributed by atoms with Crippen LogP contribution in [-0.4, -0.2) is 29.5 Å². The van der Waals surface area contributed by atoms with Crippen molar-refractivity contribution in [2.45, 2.75) is 51.1 Å². The van der Waals surface area contributed by atoms with Gasteiger partial charge in [0, 0.05) is 36.2 Å². The molecule has 0 saturated heterocycles. The second-order valence-electron chi connectivity index (χ2n) is 8.06. The van der Waals surface area contributed by atoms with Crippen molar-refractivity contribution in [3.05, 3.63) is 82.5 Å². The summed E-state index contributed by atoms with van der Waals surface area (Å²) in [4.78, 5) is 24.4. The minimum Gasteiger partial charge on any atom is -0.359 e. The summed E-state index contributed by atoms with van der Waals surface area (Å²) in [6.45, 7) is 9.23. The molecule has 0 radical (unpaired) electrons. The number of rotatable bonds is 9. The molecule has 0 fully saturated rings. The third-order valence-electron chi connectivity index (χ3n) is 5.47. The Bertz CT molecular complexity index is 1050. The van der Waals surface area contributed by atoms with Gasteiger partial charge in [-0.05, 0) is 50.5 Å². The Morgan fingerprint density at radius 2 is 1.84 bits per heavy atom. The lowest BCUT2D eigenvalue weighted by atomic mass is 10.1. The van der Waals surface area contributed by atoms with Gasteiger partial charge in [-0.25, -0.2) is 9.97 Å². The van der Waals surface area contributed by atoms with E-state index in [1.54, 1.807) is 11.8 Å². The van der Waals surface area contributed by atoms with Crippen LogP contribution in [0.3, 0.4) is 0 Å². The monoisotopic (exact) mass is 448 g/mol. The number of hydrogen-bond acceptors (Lipinski definition) is 5. The molecule has 0 aliphatic rings. The highest BCUT2D eigenvalue weighted by Crippen LogP contribution is 2.26. The number of aryl methyl sites for hydroxylation is 1. The van der Waals surface area contributed by atoms with Crippen LogP contribution in [0.15, 0.2) is 59.8 Å². The summed E-state index contributed by atoms with van der Waals surface area (Å²) in [5.74, 6) is 1.62. The van der Waals surface area contributed by atoms with E-state index in [4.69, 9.17) is 4.98 Å². The molecule has 2 aromatic carbocycles. The fraction of sp³-hybridized carbons (Fsp3) is 0.346. The quantitative estimate of drug-likeness (QED) is 0.335. The van der Waals surface area contributed by atoms with Crippen molar-refractivity contribution in [1.29, 1.82) is 0 Å². The molecular weight excluding hydrogens is 416 g/mol. The predicted molar refractivity (Wildman–Crippen MR) is 133 cm³/mol. The summed E-state index contributed by atoms with van der Waals surface area (Å²) in [6, 6.07) is 17.7. The van der Waals surface area contributed by atoms with E-state index in [0.717, 1.165) is 46.3 Å². The van der Waals surface area contributed by atoms with E-state index in [1.165, 1.54) is 0 Å². The smallest absolute Gasteiger partial charge is 0.251 e. The molecule has 1 aromatic heterocycles. The van der Waals surface area contributed by atoms with Gasteiger partial charge in [0.25, 0.3) is 5.91 Å². The molecule has 168 valence electrons. The van der Waals surface area contributed by atoms with Crippen LogP contribution < -0.4 is 10.2 Å². The van der Waals surface area contributed by atoms with Crippen LogP contribution in [0.4, 0.5) is 5.82 Å². The van der Waals surface area contributed by atoms with Crippen molar-refractivity contribution in [3.8, 4) is 0 Å². The van der Waals surface area contributed by atoms with Gasteiger partial charge in [-0.15, -0.1) is 0 Å². The van der Waals surface area contributed by atoms with Crippen LogP contribution >= 0.6 is 11.8 Å². The second-order valence-corrected chi connectivity index (χ2v) is 9.00. The third-order valence-corrected chi connectivity index (χ3v) is 6.39. The molecule has 3 aromatic rings. The molecule has 1 atom stereocenters. The number of aromatic nitrogens is 2. The zero-order valence-corrected chi connectivity index (χ0v) is 20.4. The molecule has 0 spiro atoms. The van der Waals surface area contributed by atoms with E-state index < -0.39 is 0 Å². The topological polar surface area (TPSA) is 58.1 Å². The zero-order chi connectivity index (χ0) is 23.1. The van der Waals surface area contributed by atoms with Crippen molar-refractivity contribution < 1.29 is 4.79 Å². The largest absolute Gasteiger partial charge is 0.359 e. The number of benzene rings is 2. The Labute approximate surface area is 195 Å². The first-order valence-electron chi connectivity index (χ1n) is 11.0. The summed E-state index contributed by atoms with van der Waals surface area (Å²) in [7, 11) is 2.07. The molecular formula is C26H32N4OS. The Morgan fingerprint density at radius 3 is 2.56 bits per heavy atom. The molecule has 5 nitrogen and oxygen atoms in total. The highest BCUT2D eigenvalue weighted by molar-refractivity contribution is 7.98. The van der Waals surface area contributed by atoms with Crippen LogP contribution in [-0.2, 0) is 5.75 Å². The van der Waals surface area contributed by atoms with Crippen LogP contribution in [0.1, 0.15) is 59.1 Å². The molecule has 1 unspecified atom stereocenters. The van der Waals surface area contributed by atoms with Crippen molar-refractivity contribution in [3.63, 3.8) is 0 Å². The molecule has 0 bridgehead atoms. The summed E-state index contributed by atoms with van der Waals surface area (Å²) < 4.78 is 0. The number of anilines is 1. The maximum Gasteiger partial charge on any atom is 0.251 e. The van der Waals surface area contributed by atoms with Crippen LogP contribution in [0.2, 0.25) is 0 Å². The van der Waals surface area contributed by atoms with Gasteiger partial charge in [-0.2, -0.15) is 0 Å². The summed E-state index contributed by atoms with van der Waals surface area (Å²) >= 11 is 1.60. The van der Waals surface area contributed by atoms with Crippen molar-refractivity contribution in [1.82, 2.24) is 15.3 Å². The summed E-state index contributed by atoms with van der Waals surface area (Å²) in [5.41, 5.74) is 4.94. The van der Waals surface area contributed by atoms with E-state index in [1.807, 2.05) is 68.4 Å². The lowest BCUT2D eigenvalue weighted by Crippen LogP contribution is -2.26. The van der Waals surface area contributed by atoms with Gasteiger partial charge in [0.15, 0.2) is 5.16 Å². The van der Waals surface area contributed by atoms with E-state index in [9.17, 15) is 4.79 Å². The molecule has 0 aliphatic carbocycles. The van der Waals surface area contributed by atoms with Crippen molar-refractivity contribution >= 4 is 23.5 Å². The molecule has 1 amide bonds. The van der Waals surface area contributed by atoms with Gasteiger partial charge >= 0.3 is 0 Å². The van der Waals surface area contributed by atoms with Crippen LogP contribution in [0, 0.1) is 13.8 Å². The molecule has 1 N–H and O–H groups in total. The van der Waals surface area contributed by atoms with Gasteiger partial charge in [-0.3, -0.25) is 4.79 Å². The first-order valence-corrected chi connectivity index (χ1v) is 12.0. The minimum atomic E-state index is -0.0703. The molecule has 6 heteroatoms. The summed E-state index contributed by atoms with van der Waals surface area (Å²) in [6.07, 6.45) is 1.07. The van der Waals surface area contributed by atoms with Crippen molar-refractivity contribution in [2.75, 3.05) is 18.5 Å². The number of hydrogen-bond donors (Lipinski definition) is 1. The fourth-order valence-electron chi connectivity index (χ4n) is 3.52. The molecule has 32 heavy (non-hydrogen) atoms. The Hall–Kier alpha value is -2.86. The standard InChI is InChI=1S/C26H32N4OS/c1-6-15-30(5)24-18(2)19(3)28-26(29-24)32-17-21-11-10-14-23(16-21)25(31)27-20(4)22-12-8-7-9-13-22/h7-14,16,20H,6,15,17H2,1-5H3,(H,27,31). The Kier molecular flexibility index (Phi) is 8.28. The SMILES string of the molecule is CCCN(C)c1nc(SCc2cccc(C(=O)NC(C)c3ccccc3)c2)nc(C)c1C. The number of nitrogens with zero attached hydrogens (tertiary/aromatic N) is 3. The molecule has 0 aliphatic heterocycles. The normalized spacial score (nSPS) is 11.8. The highest BCUT2D eigenvalue weighted by atomic mass is 32.2. The number of carbonyl (C=O) groups is 1. The first kappa shape index (κ1) is 23.8. The van der Waals surface area contributed by atoms with Gasteiger partial charge in [-0.1, -0.05) is 61.2 Å². The number of carbonyl (C=O) groups excluding carboxylic acids is 1. The molecule has 3 rings (SSSR count). The Balaban J connectivity index is 1.68. The number of nitrogens with one attached hydrogen (secondary N) is 1. The molecule has 1 heterocycles. The third kappa shape index (κ3) is 6.10.